The summed E-state index contributed by atoms with van der Waals surface area (Å²) < 4.78 is 19.9. The molecular formula is C27H28N2O4. The molecule has 0 N–H and O–H groups in total. The molecule has 1 aromatic heterocycles. The quantitative estimate of drug-likeness (QED) is 0.520. The van der Waals surface area contributed by atoms with E-state index in [2.05, 4.69) is 4.90 Å². The van der Waals surface area contributed by atoms with Crippen molar-refractivity contribution in [2.45, 2.75) is 45.2 Å². The van der Waals surface area contributed by atoms with Crippen LogP contribution in [0, 0.1) is 6.92 Å². The Morgan fingerprint density at radius 3 is 2.79 bits per heavy atom. The number of aromatic nitrogens is 1. The predicted octanol–water partition coefficient (Wildman–Crippen LogP) is 5.21. The molecule has 0 saturated heterocycles. The lowest BCUT2D eigenvalue weighted by molar-refractivity contribution is 0.0567. The van der Waals surface area contributed by atoms with Crippen molar-refractivity contribution in [3.63, 3.8) is 0 Å². The van der Waals surface area contributed by atoms with Gasteiger partial charge in [-0.2, -0.15) is 0 Å². The minimum absolute atomic E-state index is 0.0665. The minimum atomic E-state index is -0.0665. The number of ketones is 1. The number of hydrogen-bond donors (Lipinski definition) is 0. The predicted molar refractivity (Wildman–Crippen MR) is 127 cm³/mol. The average Bonchev–Trinajstić information content (AvgIpc) is 3.54. The fraction of sp³-hybridized carbons (Fsp3) is 0.370. The molecule has 1 fully saturated rings. The molecule has 170 valence electrons. The van der Waals surface area contributed by atoms with E-state index >= 15 is 0 Å². The Kier molecular flexibility index (Phi) is 4.73. The van der Waals surface area contributed by atoms with Gasteiger partial charge in [0, 0.05) is 42.3 Å². The number of ether oxygens (including phenoxy) is 3. The second kappa shape index (κ2) is 7.66. The van der Waals surface area contributed by atoms with Crippen molar-refractivity contribution in [2.75, 3.05) is 13.8 Å². The van der Waals surface area contributed by atoms with Gasteiger partial charge in [0.15, 0.2) is 5.76 Å². The van der Waals surface area contributed by atoms with Crippen LogP contribution in [0.3, 0.4) is 0 Å². The highest BCUT2D eigenvalue weighted by molar-refractivity contribution is 6.16. The van der Waals surface area contributed by atoms with Crippen LogP contribution < -0.4 is 14.2 Å². The summed E-state index contributed by atoms with van der Waals surface area (Å²) in [6, 6.07) is 8.50. The fourth-order valence-electron chi connectivity index (χ4n) is 5.54. The lowest BCUT2D eigenvalue weighted by Gasteiger charge is -2.34. The molecule has 0 amide bonds. The number of benzene rings is 2. The Morgan fingerprint density at radius 1 is 1.18 bits per heavy atom. The van der Waals surface area contributed by atoms with Gasteiger partial charge in [0.1, 0.15) is 24.0 Å². The van der Waals surface area contributed by atoms with Crippen LogP contribution in [0.2, 0.25) is 0 Å². The van der Waals surface area contributed by atoms with Gasteiger partial charge in [0.2, 0.25) is 5.78 Å². The molecule has 6 heteroatoms. The largest absolute Gasteiger partial charge is 0.497 e. The van der Waals surface area contributed by atoms with Gasteiger partial charge in [-0.3, -0.25) is 9.69 Å². The van der Waals surface area contributed by atoms with E-state index in [1.165, 1.54) is 25.7 Å². The Balaban J connectivity index is 1.40. The molecule has 3 aliphatic rings. The van der Waals surface area contributed by atoms with E-state index in [4.69, 9.17) is 14.2 Å². The molecule has 0 radical (unpaired) electrons. The minimum Gasteiger partial charge on any atom is -0.497 e. The molecule has 3 heterocycles. The lowest BCUT2D eigenvalue weighted by atomic mass is 9.98. The van der Waals surface area contributed by atoms with Crippen LogP contribution in [0.25, 0.3) is 17.0 Å². The maximum atomic E-state index is 13.4. The number of carbonyl (C=O) groups excluding carboxylic acids is 1. The van der Waals surface area contributed by atoms with Crippen molar-refractivity contribution in [2.24, 2.45) is 7.05 Å². The van der Waals surface area contributed by atoms with Crippen molar-refractivity contribution >= 4 is 22.8 Å². The zero-order valence-electron chi connectivity index (χ0n) is 19.3. The zero-order chi connectivity index (χ0) is 22.7. The van der Waals surface area contributed by atoms with E-state index in [0.29, 0.717) is 29.8 Å². The molecule has 2 aliphatic heterocycles. The third kappa shape index (κ3) is 3.23. The Labute approximate surface area is 193 Å². The first-order valence-corrected chi connectivity index (χ1v) is 11.6. The van der Waals surface area contributed by atoms with Gasteiger partial charge in [0.25, 0.3) is 0 Å². The smallest absolute Gasteiger partial charge is 0.232 e. The lowest BCUT2D eigenvalue weighted by Crippen LogP contribution is -2.39. The SMILES string of the molecule is COc1ccc2c(c1)c(/C=C1\Oc3c4c(cc(C)c3C1=O)OCN(C1CCCC1)C4)cn2C. The van der Waals surface area contributed by atoms with Gasteiger partial charge >= 0.3 is 0 Å². The van der Waals surface area contributed by atoms with Gasteiger partial charge in [-0.15, -0.1) is 0 Å². The number of nitrogens with zero attached hydrogens (tertiary/aromatic N) is 2. The molecule has 0 bridgehead atoms. The van der Waals surface area contributed by atoms with E-state index in [0.717, 1.165) is 45.6 Å². The Morgan fingerprint density at radius 2 is 2.00 bits per heavy atom. The third-order valence-corrected chi connectivity index (χ3v) is 7.31. The summed E-state index contributed by atoms with van der Waals surface area (Å²) in [5.74, 6) is 2.58. The number of Topliss-reactive ketones (excluding diaryl/α,β-unsaturated/α-hetero) is 1. The molecule has 33 heavy (non-hydrogen) atoms. The number of hydrogen-bond acceptors (Lipinski definition) is 5. The number of allylic oxidation sites excluding steroid dienone is 1. The van der Waals surface area contributed by atoms with Crippen molar-refractivity contribution < 1.29 is 19.0 Å². The molecule has 3 aromatic rings. The summed E-state index contributed by atoms with van der Waals surface area (Å²) in [5.41, 5.74) is 4.54. The van der Waals surface area contributed by atoms with Crippen molar-refractivity contribution in [3.8, 4) is 17.2 Å². The summed E-state index contributed by atoms with van der Waals surface area (Å²) in [7, 11) is 3.66. The summed E-state index contributed by atoms with van der Waals surface area (Å²) in [6.07, 6.45) is 8.85. The molecular weight excluding hydrogens is 416 g/mol. The van der Waals surface area contributed by atoms with Crippen LogP contribution in [0.15, 0.2) is 36.2 Å². The first-order chi connectivity index (χ1) is 16.0. The summed E-state index contributed by atoms with van der Waals surface area (Å²) in [5, 5.41) is 1.02. The van der Waals surface area contributed by atoms with Crippen LogP contribution in [0.1, 0.15) is 52.7 Å². The van der Waals surface area contributed by atoms with Crippen LogP contribution in [0.4, 0.5) is 0 Å². The Hall–Kier alpha value is -3.25. The van der Waals surface area contributed by atoms with Crippen LogP contribution in [0.5, 0.6) is 17.2 Å². The normalized spacial score (nSPS) is 19.6. The Bertz CT molecular complexity index is 1310. The number of fused-ring (bicyclic) bond motifs is 4. The fourth-order valence-corrected chi connectivity index (χ4v) is 5.54. The maximum Gasteiger partial charge on any atom is 0.232 e. The number of methoxy groups -OCH3 is 1. The highest BCUT2D eigenvalue weighted by Crippen LogP contribution is 2.45. The molecule has 1 saturated carbocycles. The highest BCUT2D eigenvalue weighted by atomic mass is 16.5. The number of rotatable bonds is 3. The summed E-state index contributed by atoms with van der Waals surface area (Å²) in [6.45, 7) is 3.32. The monoisotopic (exact) mass is 444 g/mol. The van der Waals surface area contributed by atoms with E-state index in [-0.39, 0.29) is 5.78 Å². The third-order valence-electron chi connectivity index (χ3n) is 7.31. The number of carbonyl (C=O) groups is 1. The maximum absolute atomic E-state index is 13.4. The van der Waals surface area contributed by atoms with E-state index in [1.54, 1.807) is 7.11 Å². The van der Waals surface area contributed by atoms with Crippen LogP contribution in [-0.2, 0) is 13.6 Å². The van der Waals surface area contributed by atoms with E-state index in [1.807, 2.05) is 55.1 Å². The van der Waals surface area contributed by atoms with Gasteiger partial charge in [-0.25, -0.2) is 0 Å². The van der Waals surface area contributed by atoms with E-state index in [9.17, 15) is 4.79 Å². The molecule has 6 rings (SSSR count). The zero-order valence-corrected chi connectivity index (χ0v) is 19.3. The summed E-state index contributed by atoms with van der Waals surface area (Å²) in [4.78, 5) is 15.8. The number of aryl methyl sites for hydroxylation is 2. The standard InChI is InChI=1S/C27H28N2O4/c1-16-10-23-21(14-29(15-32-23)18-6-4-5-7-18)27-25(16)26(30)24(33-27)11-17-13-28(2)22-9-8-19(31-3)12-20(17)22/h8-13,18H,4-7,14-15H2,1-3H3/b24-11-. The molecule has 6 nitrogen and oxygen atoms in total. The molecule has 0 atom stereocenters. The van der Waals surface area contributed by atoms with Crippen molar-refractivity contribution in [3.05, 3.63) is 58.5 Å². The molecule has 0 unspecified atom stereocenters. The van der Waals surface area contributed by atoms with Crippen LogP contribution >= 0.6 is 0 Å². The first kappa shape index (κ1) is 20.4. The van der Waals surface area contributed by atoms with Gasteiger partial charge < -0.3 is 18.8 Å². The van der Waals surface area contributed by atoms with Gasteiger partial charge in [0.05, 0.1) is 18.2 Å². The average molecular weight is 445 g/mol. The second-order valence-electron chi connectivity index (χ2n) is 9.35. The molecule has 2 aromatic carbocycles. The molecule has 1 aliphatic carbocycles. The second-order valence-corrected chi connectivity index (χ2v) is 9.35. The van der Waals surface area contributed by atoms with Crippen molar-refractivity contribution in [1.82, 2.24) is 9.47 Å². The first-order valence-electron chi connectivity index (χ1n) is 11.6. The topological polar surface area (TPSA) is 52.9 Å². The van der Waals surface area contributed by atoms with E-state index < -0.39 is 0 Å². The van der Waals surface area contributed by atoms with Gasteiger partial charge in [-0.05, 0) is 55.7 Å². The van der Waals surface area contributed by atoms with Crippen LogP contribution in [-0.4, -0.2) is 35.1 Å². The van der Waals surface area contributed by atoms with Gasteiger partial charge in [-0.1, -0.05) is 12.8 Å². The highest BCUT2D eigenvalue weighted by Gasteiger charge is 2.37. The molecule has 0 spiro atoms. The van der Waals surface area contributed by atoms with Crippen molar-refractivity contribution in [1.29, 1.82) is 0 Å². The summed E-state index contributed by atoms with van der Waals surface area (Å²) >= 11 is 0.